The van der Waals surface area contributed by atoms with Crippen LogP contribution < -0.4 is 10.1 Å². The SMILES string of the molecule is O=C(Oc1ccc(NC(=O)c2cccs2)cc1)c1cccc(C(F)(F)F)c1. The van der Waals surface area contributed by atoms with Crippen molar-refractivity contribution in [3.63, 3.8) is 0 Å². The Morgan fingerprint density at radius 2 is 1.70 bits per heavy atom. The molecular weight excluding hydrogens is 379 g/mol. The Labute approximate surface area is 156 Å². The van der Waals surface area contributed by atoms with Gasteiger partial charge in [0.25, 0.3) is 5.91 Å². The number of alkyl halides is 3. The number of ether oxygens (including phenoxy) is 1. The summed E-state index contributed by atoms with van der Waals surface area (Å²) >= 11 is 1.30. The number of halogens is 3. The van der Waals surface area contributed by atoms with E-state index < -0.39 is 17.7 Å². The van der Waals surface area contributed by atoms with Gasteiger partial charge in [0.15, 0.2) is 0 Å². The van der Waals surface area contributed by atoms with Crippen molar-refractivity contribution >= 4 is 28.9 Å². The topological polar surface area (TPSA) is 55.4 Å². The summed E-state index contributed by atoms with van der Waals surface area (Å²) in [6, 6.07) is 13.4. The Morgan fingerprint density at radius 3 is 2.33 bits per heavy atom. The molecule has 1 amide bonds. The molecule has 3 aromatic rings. The van der Waals surface area contributed by atoms with Crippen molar-refractivity contribution in [3.8, 4) is 5.75 Å². The molecule has 4 nitrogen and oxygen atoms in total. The average Bonchev–Trinajstić information content (AvgIpc) is 3.17. The molecule has 0 radical (unpaired) electrons. The molecule has 0 spiro atoms. The van der Waals surface area contributed by atoms with Gasteiger partial charge in [-0.2, -0.15) is 13.2 Å². The summed E-state index contributed by atoms with van der Waals surface area (Å²) in [5.74, 6) is -1.03. The highest BCUT2D eigenvalue weighted by Gasteiger charge is 2.31. The van der Waals surface area contributed by atoms with Crippen LogP contribution in [0.2, 0.25) is 0 Å². The molecule has 8 heteroatoms. The number of anilines is 1. The Balaban J connectivity index is 1.66. The number of hydrogen-bond donors (Lipinski definition) is 1. The van der Waals surface area contributed by atoms with Crippen LogP contribution in [0.15, 0.2) is 66.0 Å². The fourth-order valence-corrected chi connectivity index (χ4v) is 2.81. The zero-order valence-electron chi connectivity index (χ0n) is 13.6. The van der Waals surface area contributed by atoms with Gasteiger partial charge >= 0.3 is 12.1 Å². The van der Waals surface area contributed by atoms with Crippen LogP contribution in [0, 0.1) is 0 Å². The highest BCUT2D eigenvalue weighted by atomic mass is 32.1. The second-order valence-corrected chi connectivity index (χ2v) is 6.37. The molecular formula is C19H12F3NO3S. The number of carbonyl (C=O) groups excluding carboxylic acids is 2. The molecule has 0 aliphatic rings. The van der Waals surface area contributed by atoms with Gasteiger partial charge in [-0.05, 0) is 53.9 Å². The van der Waals surface area contributed by atoms with Crippen molar-refractivity contribution in [3.05, 3.63) is 82.0 Å². The van der Waals surface area contributed by atoms with Gasteiger partial charge in [0.05, 0.1) is 16.0 Å². The third kappa shape index (κ3) is 4.73. The van der Waals surface area contributed by atoms with Gasteiger partial charge in [-0.15, -0.1) is 11.3 Å². The van der Waals surface area contributed by atoms with E-state index in [1.54, 1.807) is 17.5 Å². The van der Waals surface area contributed by atoms with Crippen LogP contribution in [-0.4, -0.2) is 11.9 Å². The standard InChI is InChI=1S/C19H12F3NO3S/c20-19(21,22)13-4-1-3-12(11-13)18(25)26-15-8-6-14(7-9-15)23-17(24)16-5-2-10-27-16/h1-11H,(H,23,24). The molecule has 0 aliphatic heterocycles. The summed E-state index contributed by atoms with van der Waals surface area (Å²) in [7, 11) is 0. The van der Waals surface area contributed by atoms with Gasteiger partial charge in [0.1, 0.15) is 5.75 Å². The predicted molar refractivity (Wildman–Crippen MR) is 95.1 cm³/mol. The van der Waals surface area contributed by atoms with Gasteiger partial charge in [0.2, 0.25) is 0 Å². The average molecular weight is 391 g/mol. The summed E-state index contributed by atoms with van der Waals surface area (Å²) < 4.78 is 43.3. The van der Waals surface area contributed by atoms with Crippen molar-refractivity contribution in [1.82, 2.24) is 0 Å². The largest absolute Gasteiger partial charge is 0.423 e. The number of carbonyl (C=O) groups is 2. The number of hydrogen-bond acceptors (Lipinski definition) is 4. The van der Waals surface area contributed by atoms with Crippen LogP contribution in [0.3, 0.4) is 0 Å². The minimum absolute atomic E-state index is 0.145. The second-order valence-electron chi connectivity index (χ2n) is 5.42. The van der Waals surface area contributed by atoms with Crippen LogP contribution in [0.1, 0.15) is 25.6 Å². The van der Waals surface area contributed by atoms with E-state index in [0.717, 1.165) is 18.2 Å². The summed E-state index contributed by atoms with van der Waals surface area (Å²) in [6.45, 7) is 0. The first kappa shape index (κ1) is 18.7. The van der Waals surface area contributed by atoms with E-state index in [9.17, 15) is 22.8 Å². The fourth-order valence-electron chi connectivity index (χ4n) is 2.20. The maximum absolute atomic E-state index is 12.7. The van der Waals surface area contributed by atoms with Crippen LogP contribution in [-0.2, 0) is 6.18 Å². The van der Waals surface area contributed by atoms with E-state index >= 15 is 0 Å². The second kappa shape index (κ2) is 7.63. The number of rotatable bonds is 4. The first-order valence-electron chi connectivity index (χ1n) is 7.67. The van der Waals surface area contributed by atoms with E-state index in [0.29, 0.717) is 10.6 Å². The lowest BCUT2D eigenvalue weighted by atomic mass is 10.1. The lowest BCUT2D eigenvalue weighted by Gasteiger charge is -2.09. The monoisotopic (exact) mass is 391 g/mol. The Kier molecular flexibility index (Phi) is 5.27. The molecule has 0 saturated heterocycles. The summed E-state index contributed by atoms with van der Waals surface area (Å²) in [5, 5.41) is 4.47. The number of thiophene rings is 1. The summed E-state index contributed by atoms with van der Waals surface area (Å²) in [4.78, 5) is 24.6. The van der Waals surface area contributed by atoms with Gasteiger partial charge in [-0.1, -0.05) is 12.1 Å². The minimum atomic E-state index is -4.54. The molecule has 0 unspecified atom stereocenters. The highest BCUT2D eigenvalue weighted by Crippen LogP contribution is 2.29. The maximum atomic E-state index is 12.7. The van der Waals surface area contributed by atoms with E-state index in [-0.39, 0.29) is 17.2 Å². The van der Waals surface area contributed by atoms with Crippen molar-refractivity contribution in [2.45, 2.75) is 6.18 Å². The number of amides is 1. The number of esters is 1. The molecule has 0 saturated carbocycles. The Morgan fingerprint density at radius 1 is 0.963 bits per heavy atom. The van der Waals surface area contributed by atoms with Gasteiger partial charge in [-0.3, -0.25) is 4.79 Å². The van der Waals surface area contributed by atoms with E-state index in [4.69, 9.17) is 4.74 Å². The van der Waals surface area contributed by atoms with Crippen LogP contribution in [0.4, 0.5) is 18.9 Å². The van der Waals surface area contributed by atoms with Gasteiger partial charge < -0.3 is 10.1 Å². The van der Waals surface area contributed by atoms with Gasteiger partial charge in [-0.25, -0.2) is 4.79 Å². The molecule has 0 aliphatic carbocycles. The van der Waals surface area contributed by atoms with Crippen LogP contribution in [0.5, 0.6) is 5.75 Å². The van der Waals surface area contributed by atoms with Crippen molar-refractivity contribution in [2.24, 2.45) is 0 Å². The molecule has 1 aromatic heterocycles. The smallest absolute Gasteiger partial charge is 0.416 e. The third-order valence-electron chi connectivity index (χ3n) is 3.49. The number of nitrogens with one attached hydrogen (secondary N) is 1. The van der Waals surface area contributed by atoms with Crippen molar-refractivity contribution in [2.75, 3.05) is 5.32 Å². The zero-order valence-corrected chi connectivity index (χ0v) is 14.4. The lowest BCUT2D eigenvalue weighted by molar-refractivity contribution is -0.137. The normalized spacial score (nSPS) is 11.1. The summed E-state index contributed by atoms with van der Waals surface area (Å²) in [5.41, 5.74) is -0.643. The van der Waals surface area contributed by atoms with Crippen molar-refractivity contribution < 1.29 is 27.5 Å². The fraction of sp³-hybridized carbons (Fsp3) is 0.0526. The molecule has 138 valence electrons. The maximum Gasteiger partial charge on any atom is 0.416 e. The lowest BCUT2D eigenvalue weighted by Crippen LogP contribution is -2.12. The first-order chi connectivity index (χ1) is 12.8. The molecule has 0 bridgehead atoms. The first-order valence-corrected chi connectivity index (χ1v) is 8.55. The summed E-state index contributed by atoms with van der Waals surface area (Å²) in [6.07, 6.45) is -4.54. The molecule has 1 heterocycles. The van der Waals surface area contributed by atoms with Crippen molar-refractivity contribution in [1.29, 1.82) is 0 Å². The zero-order chi connectivity index (χ0) is 19.4. The van der Waals surface area contributed by atoms with E-state index in [2.05, 4.69) is 5.32 Å². The predicted octanol–water partition coefficient (Wildman–Crippen LogP) is 5.24. The third-order valence-corrected chi connectivity index (χ3v) is 4.36. The van der Waals surface area contributed by atoms with Gasteiger partial charge in [0, 0.05) is 5.69 Å². The molecule has 3 rings (SSSR count). The van der Waals surface area contributed by atoms with Crippen LogP contribution >= 0.6 is 11.3 Å². The molecule has 0 fully saturated rings. The number of benzene rings is 2. The Bertz CT molecular complexity index is 951. The molecule has 27 heavy (non-hydrogen) atoms. The van der Waals surface area contributed by atoms with E-state index in [1.807, 2.05) is 0 Å². The quantitative estimate of drug-likeness (QED) is 0.489. The highest BCUT2D eigenvalue weighted by molar-refractivity contribution is 7.12. The van der Waals surface area contributed by atoms with E-state index in [1.165, 1.54) is 41.7 Å². The molecule has 2 aromatic carbocycles. The molecule has 0 atom stereocenters. The Hall–Kier alpha value is -3.13. The molecule has 1 N–H and O–H groups in total. The van der Waals surface area contributed by atoms with Crippen LogP contribution in [0.25, 0.3) is 0 Å². The minimum Gasteiger partial charge on any atom is -0.423 e.